The van der Waals surface area contributed by atoms with Crippen LogP contribution in [0, 0.1) is 34.5 Å². The number of carbonyl (C=O) groups is 4. The first-order chi connectivity index (χ1) is 37.2. The largest absolute Gasteiger partial charge is 0.447 e. The van der Waals surface area contributed by atoms with E-state index in [1.807, 2.05) is 34.1 Å². The SMILES string of the molecule is CN(C)[C@@H]1CCC(C(=O)N2CCC(CN3C(=O)OCC3(C)C)(C3CCCCC3)CC2)C(c2ccc(Cl)cc2)C1.CN(C)[C@H]1CCC(C(=O)N2CCC(CN3C(=O)OCC3(C)C)(C3CCCCC3)CC2)C(c2ccc(Cl)cc2)C1. The van der Waals surface area contributed by atoms with E-state index in [0.29, 0.717) is 48.9 Å². The predicted molar refractivity (Wildman–Crippen MR) is 312 cm³/mol. The Kier molecular flexibility index (Phi) is 18.8. The molecule has 14 heteroatoms. The predicted octanol–water partition coefficient (Wildman–Crippen LogP) is 13.1. The molecule has 0 aromatic heterocycles. The molecule has 4 aliphatic carbocycles. The lowest BCUT2D eigenvalue weighted by atomic mass is 9.63. The van der Waals surface area contributed by atoms with Crippen LogP contribution in [0.5, 0.6) is 0 Å². The van der Waals surface area contributed by atoms with Crippen molar-refractivity contribution in [3.63, 3.8) is 0 Å². The molecule has 8 fully saturated rings. The maximum Gasteiger partial charge on any atom is 0.410 e. The smallest absolute Gasteiger partial charge is 0.410 e. The van der Waals surface area contributed by atoms with E-state index in [4.69, 9.17) is 32.7 Å². The second-order valence-corrected chi connectivity index (χ2v) is 28.2. The van der Waals surface area contributed by atoms with Gasteiger partial charge < -0.3 is 29.1 Å². The maximum absolute atomic E-state index is 14.2. The van der Waals surface area contributed by atoms with Crippen molar-refractivity contribution in [3.8, 4) is 0 Å². The molecule has 0 N–H and O–H groups in total. The third-order valence-electron chi connectivity index (χ3n) is 21.4. The van der Waals surface area contributed by atoms with Crippen molar-refractivity contribution in [2.45, 2.75) is 191 Å². The van der Waals surface area contributed by atoms with Crippen LogP contribution in [0.25, 0.3) is 0 Å². The molecule has 10 rings (SSSR count). The van der Waals surface area contributed by atoms with Gasteiger partial charge in [-0.2, -0.15) is 0 Å². The molecule has 4 aliphatic heterocycles. The van der Waals surface area contributed by atoms with Crippen molar-refractivity contribution in [1.82, 2.24) is 29.4 Å². The van der Waals surface area contributed by atoms with Crippen molar-refractivity contribution in [2.24, 2.45) is 34.5 Å². The number of rotatable bonds is 12. The Bertz CT molecular complexity index is 2190. The fourth-order valence-corrected chi connectivity index (χ4v) is 16.3. The van der Waals surface area contributed by atoms with Crippen LogP contribution < -0.4 is 0 Å². The zero-order valence-corrected chi connectivity index (χ0v) is 50.4. The molecule has 0 bridgehead atoms. The molecule has 432 valence electrons. The van der Waals surface area contributed by atoms with Crippen LogP contribution in [-0.2, 0) is 19.1 Å². The molecule has 4 saturated carbocycles. The standard InChI is InChI=1S/2C32H48ClN3O3/c2*1-31(2)22-39-30(38)36(31)21-32(24-8-6-5-7-9-24)16-18-35(19-17-32)29(37)27-15-14-26(34(3)4)20-28(27)23-10-12-25(33)13-11-23/h2*10-13,24,26-28H,5-9,14-22H2,1-4H3/t2*26-,27?,28?/m10/s1. The van der Waals surface area contributed by atoms with Crippen LogP contribution in [0.4, 0.5) is 9.59 Å². The van der Waals surface area contributed by atoms with E-state index in [0.717, 1.165) is 114 Å². The van der Waals surface area contributed by atoms with E-state index >= 15 is 0 Å². The summed E-state index contributed by atoms with van der Waals surface area (Å²) in [5.41, 5.74) is 2.04. The molecule has 2 aromatic rings. The number of hydrogen-bond acceptors (Lipinski definition) is 8. The molecule has 6 atom stereocenters. The van der Waals surface area contributed by atoms with Crippen molar-refractivity contribution >= 4 is 47.2 Å². The van der Waals surface area contributed by atoms with Gasteiger partial charge in [-0.1, -0.05) is 86.0 Å². The van der Waals surface area contributed by atoms with Crippen molar-refractivity contribution in [2.75, 3.05) is 80.7 Å². The Labute approximate surface area is 478 Å². The van der Waals surface area contributed by atoms with Crippen molar-refractivity contribution in [1.29, 1.82) is 0 Å². The van der Waals surface area contributed by atoms with Gasteiger partial charge in [0, 0.05) is 73.2 Å². The number of cyclic esters (lactones) is 2. The number of carbonyl (C=O) groups excluding carboxylic acids is 4. The molecule has 0 spiro atoms. The fourth-order valence-electron chi connectivity index (χ4n) is 16.1. The lowest BCUT2D eigenvalue weighted by molar-refractivity contribution is -0.142. The first-order valence-corrected chi connectivity index (χ1v) is 31.2. The summed E-state index contributed by atoms with van der Waals surface area (Å²) in [7, 11) is 8.61. The van der Waals surface area contributed by atoms with Crippen LogP contribution in [0.3, 0.4) is 0 Å². The zero-order chi connectivity index (χ0) is 55.6. The summed E-state index contributed by atoms with van der Waals surface area (Å²) in [4.78, 5) is 66.8. The zero-order valence-electron chi connectivity index (χ0n) is 48.9. The van der Waals surface area contributed by atoms with Gasteiger partial charge in [0.15, 0.2) is 0 Å². The van der Waals surface area contributed by atoms with Gasteiger partial charge in [-0.25, -0.2) is 9.59 Å². The first kappa shape index (κ1) is 59.1. The Morgan fingerprint density at radius 1 is 0.513 bits per heavy atom. The lowest BCUT2D eigenvalue weighted by Crippen LogP contribution is -2.56. The first-order valence-electron chi connectivity index (χ1n) is 30.5. The van der Waals surface area contributed by atoms with Gasteiger partial charge in [-0.15, -0.1) is 0 Å². The number of amides is 4. The van der Waals surface area contributed by atoms with Gasteiger partial charge in [-0.3, -0.25) is 19.4 Å². The Hall–Kier alpha value is -3.58. The Balaban J connectivity index is 0.000000190. The lowest BCUT2D eigenvalue weighted by Gasteiger charge is -2.51. The Morgan fingerprint density at radius 3 is 1.14 bits per heavy atom. The number of likely N-dealkylation sites (tertiary alicyclic amines) is 2. The van der Waals surface area contributed by atoms with Gasteiger partial charge in [0.25, 0.3) is 0 Å². The van der Waals surface area contributed by atoms with Crippen LogP contribution >= 0.6 is 23.2 Å². The number of halogens is 2. The molecule has 4 heterocycles. The van der Waals surface area contributed by atoms with E-state index in [9.17, 15) is 19.2 Å². The summed E-state index contributed by atoms with van der Waals surface area (Å²) in [6, 6.07) is 17.3. The maximum atomic E-state index is 14.2. The molecule has 0 radical (unpaired) electrons. The van der Waals surface area contributed by atoms with E-state index < -0.39 is 0 Å². The summed E-state index contributed by atoms with van der Waals surface area (Å²) in [5.74, 6) is 2.32. The molecular weight excluding hydrogens is 1020 g/mol. The minimum atomic E-state index is -0.275. The van der Waals surface area contributed by atoms with Crippen LogP contribution in [0.15, 0.2) is 48.5 Å². The molecule has 4 saturated heterocycles. The summed E-state index contributed by atoms with van der Waals surface area (Å²) >= 11 is 12.4. The average molecular weight is 1120 g/mol. The third-order valence-corrected chi connectivity index (χ3v) is 21.9. The summed E-state index contributed by atoms with van der Waals surface area (Å²) in [6.07, 6.45) is 22.2. The molecule has 4 unspecified atom stereocenters. The van der Waals surface area contributed by atoms with E-state index in [1.54, 1.807) is 0 Å². The Morgan fingerprint density at radius 2 is 0.846 bits per heavy atom. The van der Waals surface area contributed by atoms with Crippen molar-refractivity contribution in [3.05, 3.63) is 69.7 Å². The average Bonchev–Trinajstić information content (AvgIpc) is 3.91. The van der Waals surface area contributed by atoms with Gasteiger partial charge in [0.2, 0.25) is 11.8 Å². The van der Waals surface area contributed by atoms with E-state index in [2.05, 4.69) is 99.8 Å². The second kappa shape index (κ2) is 24.9. The highest BCUT2D eigenvalue weighted by Gasteiger charge is 2.52. The highest BCUT2D eigenvalue weighted by atomic mass is 35.5. The molecular formula is C64H96Cl2N6O6. The topological polar surface area (TPSA) is 106 Å². The number of benzene rings is 2. The molecule has 2 aromatic carbocycles. The van der Waals surface area contributed by atoms with E-state index in [-0.39, 0.29) is 57.8 Å². The van der Waals surface area contributed by atoms with Gasteiger partial charge in [-0.05, 0) is 216 Å². The quantitative estimate of drug-likeness (QED) is 0.207. The van der Waals surface area contributed by atoms with Gasteiger partial charge in [0.05, 0.1) is 11.1 Å². The fraction of sp³-hybridized carbons (Fsp3) is 0.750. The molecule has 8 aliphatic rings. The minimum Gasteiger partial charge on any atom is -0.447 e. The van der Waals surface area contributed by atoms with Gasteiger partial charge in [0.1, 0.15) is 13.2 Å². The van der Waals surface area contributed by atoms with Gasteiger partial charge >= 0.3 is 12.2 Å². The van der Waals surface area contributed by atoms with Crippen molar-refractivity contribution < 1.29 is 28.7 Å². The van der Waals surface area contributed by atoms with E-state index in [1.165, 1.54) is 75.3 Å². The van der Waals surface area contributed by atoms with Crippen LogP contribution in [-0.4, -0.2) is 157 Å². The monoisotopic (exact) mass is 1110 g/mol. The summed E-state index contributed by atoms with van der Waals surface area (Å²) < 4.78 is 11.0. The number of nitrogens with zero attached hydrogens (tertiary/aromatic N) is 6. The summed E-state index contributed by atoms with van der Waals surface area (Å²) in [6.45, 7) is 14.1. The second-order valence-electron chi connectivity index (χ2n) is 27.3. The normalized spacial score (nSPS) is 29.5. The van der Waals surface area contributed by atoms with Crippen LogP contribution in [0.2, 0.25) is 10.0 Å². The highest BCUT2D eigenvalue weighted by molar-refractivity contribution is 6.30. The summed E-state index contributed by atoms with van der Waals surface area (Å²) in [5, 5.41) is 1.48. The van der Waals surface area contributed by atoms with Crippen LogP contribution in [0.1, 0.15) is 179 Å². The minimum absolute atomic E-state index is 0.0112. The third kappa shape index (κ3) is 13.0. The molecule has 4 amide bonds. The molecule has 12 nitrogen and oxygen atoms in total. The molecule has 78 heavy (non-hydrogen) atoms. The number of hydrogen-bond donors (Lipinski definition) is 0. The highest BCUT2D eigenvalue weighted by Crippen LogP contribution is 2.51. The number of ether oxygens (including phenoxy) is 2. The number of piperidine rings is 2.